The Morgan fingerprint density at radius 1 is 1.42 bits per heavy atom. The van der Waals surface area contributed by atoms with E-state index >= 15 is 0 Å². The maximum absolute atomic E-state index is 11.7. The lowest BCUT2D eigenvalue weighted by atomic mass is 10.1. The van der Waals surface area contributed by atoms with Crippen molar-refractivity contribution in [1.29, 1.82) is 0 Å². The lowest BCUT2D eigenvalue weighted by Gasteiger charge is -2.32. The van der Waals surface area contributed by atoms with Crippen LogP contribution in [0.4, 0.5) is 0 Å². The van der Waals surface area contributed by atoms with E-state index in [0.29, 0.717) is 12.4 Å². The third-order valence-corrected chi connectivity index (χ3v) is 4.55. The molecule has 0 saturated carbocycles. The lowest BCUT2D eigenvalue weighted by molar-refractivity contribution is -0.145. The van der Waals surface area contributed by atoms with Crippen LogP contribution in [0.25, 0.3) is 5.69 Å². The minimum absolute atomic E-state index is 0.0754. The summed E-state index contributed by atoms with van der Waals surface area (Å²) in [5.74, 6) is -0.423. The van der Waals surface area contributed by atoms with E-state index in [1.165, 1.54) is 4.57 Å². The standard InChI is InChI=1S/C17H18N6O3/c1-11-3-2-4-13(5-11)23-8-12(6-18-23)7-21-10-15-19-20-17(26)22(15)9-14(21)16(24)25/h2-6,8,14H,7,9-10H2,1H3,(H,20,26)(H,24,25). The van der Waals surface area contributed by atoms with Crippen molar-refractivity contribution in [3.8, 4) is 5.69 Å². The monoisotopic (exact) mass is 354 g/mol. The zero-order valence-corrected chi connectivity index (χ0v) is 14.2. The molecular formula is C17H18N6O3. The van der Waals surface area contributed by atoms with Crippen LogP contribution in [0.15, 0.2) is 41.5 Å². The summed E-state index contributed by atoms with van der Waals surface area (Å²) in [6.45, 7) is 2.78. The van der Waals surface area contributed by atoms with Crippen molar-refractivity contribution in [2.45, 2.75) is 32.6 Å². The van der Waals surface area contributed by atoms with Gasteiger partial charge in [0.2, 0.25) is 0 Å². The summed E-state index contributed by atoms with van der Waals surface area (Å²) in [6.07, 6.45) is 3.62. The minimum Gasteiger partial charge on any atom is -0.480 e. The second-order valence-electron chi connectivity index (χ2n) is 6.45. The van der Waals surface area contributed by atoms with Gasteiger partial charge in [0.15, 0.2) is 0 Å². The van der Waals surface area contributed by atoms with E-state index < -0.39 is 12.0 Å². The van der Waals surface area contributed by atoms with Gasteiger partial charge in [-0.2, -0.15) is 10.2 Å². The van der Waals surface area contributed by atoms with Gasteiger partial charge < -0.3 is 5.11 Å². The number of fused-ring (bicyclic) bond motifs is 1. The molecule has 26 heavy (non-hydrogen) atoms. The molecule has 0 aliphatic carbocycles. The summed E-state index contributed by atoms with van der Waals surface area (Å²) in [6, 6.07) is 7.18. The summed E-state index contributed by atoms with van der Waals surface area (Å²) in [5, 5.41) is 20.3. The van der Waals surface area contributed by atoms with Crippen molar-refractivity contribution < 1.29 is 9.90 Å². The van der Waals surface area contributed by atoms with Crippen molar-refractivity contribution in [2.24, 2.45) is 0 Å². The van der Waals surface area contributed by atoms with Gasteiger partial charge in [-0.15, -0.1) is 0 Å². The van der Waals surface area contributed by atoms with Crippen molar-refractivity contribution in [3.05, 3.63) is 64.1 Å². The van der Waals surface area contributed by atoms with Crippen LogP contribution in [0, 0.1) is 6.92 Å². The molecule has 1 aromatic carbocycles. The molecule has 9 heteroatoms. The van der Waals surface area contributed by atoms with Gasteiger partial charge in [-0.25, -0.2) is 14.6 Å². The van der Waals surface area contributed by atoms with Crippen LogP contribution >= 0.6 is 0 Å². The topological polar surface area (TPSA) is 109 Å². The number of nitrogens with one attached hydrogen (secondary N) is 1. The molecule has 0 saturated heterocycles. The number of aromatic amines is 1. The molecule has 0 spiro atoms. The lowest BCUT2D eigenvalue weighted by Crippen LogP contribution is -2.49. The van der Waals surface area contributed by atoms with Crippen molar-refractivity contribution in [2.75, 3.05) is 0 Å². The maximum Gasteiger partial charge on any atom is 0.343 e. The van der Waals surface area contributed by atoms with Gasteiger partial charge in [-0.1, -0.05) is 12.1 Å². The molecule has 0 bridgehead atoms. The van der Waals surface area contributed by atoms with Crippen LogP contribution in [0.2, 0.25) is 0 Å². The van der Waals surface area contributed by atoms with Crippen molar-refractivity contribution in [3.63, 3.8) is 0 Å². The molecule has 0 radical (unpaired) electrons. The number of nitrogens with zero attached hydrogens (tertiary/aromatic N) is 5. The summed E-state index contributed by atoms with van der Waals surface area (Å²) < 4.78 is 3.15. The highest BCUT2D eigenvalue weighted by atomic mass is 16.4. The van der Waals surface area contributed by atoms with E-state index in [1.54, 1.807) is 15.8 Å². The Kier molecular flexibility index (Phi) is 3.92. The fraction of sp³-hybridized carbons (Fsp3) is 0.294. The third-order valence-electron chi connectivity index (χ3n) is 4.55. The Hall–Kier alpha value is -3.20. The molecule has 3 heterocycles. The number of hydrogen-bond acceptors (Lipinski definition) is 5. The largest absolute Gasteiger partial charge is 0.480 e. The molecule has 134 valence electrons. The number of rotatable bonds is 4. The normalized spacial score (nSPS) is 17.2. The summed E-state index contributed by atoms with van der Waals surface area (Å²) in [4.78, 5) is 25.1. The first kappa shape index (κ1) is 16.3. The molecule has 2 N–H and O–H groups in total. The quantitative estimate of drug-likeness (QED) is 0.708. The number of carboxylic acids is 1. The van der Waals surface area contributed by atoms with Gasteiger partial charge in [0.1, 0.15) is 11.9 Å². The maximum atomic E-state index is 11.7. The van der Waals surface area contributed by atoms with Crippen LogP contribution < -0.4 is 5.69 Å². The fourth-order valence-corrected chi connectivity index (χ4v) is 3.23. The number of hydrogen-bond donors (Lipinski definition) is 2. The highest BCUT2D eigenvalue weighted by Gasteiger charge is 2.33. The molecule has 3 aromatic rings. The van der Waals surface area contributed by atoms with Gasteiger partial charge in [-0.3, -0.25) is 14.3 Å². The molecule has 0 fully saturated rings. The van der Waals surface area contributed by atoms with Gasteiger partial charge >= 0.3 is 11.7 Å². The van der Waals surface area contributed by atoms with E-state index in [0.717, 1.165) is 16.8 Å². The molecule has 4 rings (SSSR count). The summed E-state index contributed by atoms with van der Waals surface area (Å²) in [5.41, 5.74) is 2.60. The number of H-pyrrole nitrogens is 1. The molecule has 1 aliphatic heterocycles. The third kappa shape index (κ3) is 2.93. The van der Waals surface area contributed by atoms with E-state index in [4.69, 9.17) is 0 Å². The Labute approximate surface area is 148 Å². The second kappa shape index (κ2) is 6.26. The zero-order chi connectivity index (χ0) is 18.3. The average molecular weight is 354 g/mol. The van der Waals surface area contributed by atoms with Crippen molar-refractivity contribution >= 4 is 5.97 Å². The first-order valence-electron chi connectivity index (χ1n) is 8.23. The summed E-state index contributed by atoms with van der Waals surface area (Å²) >= 11 is 0. The SMILES string of the molecule is Cc1cccc(-n2cc(CN3Cc4n[nH]c(=O)n4CC3C(=O)O)cn2)c1. The van der Waals surface area contributed by atoms with Crippen LogP contribution in [0.5, 0.6) is 0 Å². The first-order chi connectivity index (χ1) is 12.5. The predicted octanol–water partition coefficient (Wildman–Crippen LogP) is 0.535. The number of aliphatic carboxylic acids is 1. The minimum atomic E-state index is -0.963. The molecule has 1 atom stereocenters. The highest BCUT2D eigenvalue weighted by Crippen LogP contribution is 2.19. The van der Waals surface area contributed by atoms with E-state index in [1.807, 2.05) is 37.4 Å². The van der Waals surface area contributed by atoms with E-state index in [9.17, 15) is 14.7 Å². The van der Waals surface area contributed by atoms with Crippen LogP contribution in [0.1, 0.15) is 17.0 Å². The molecule has 0 amide bonds. The predicted molar refractivity (Wildman–Crippen MR) is 91.8 cm³/mol. The number of aryl methyl sites for hydroxylation is 1. The highest BCUT2D eigenvalue weighted by molar-refractivity contribution is 5.73. The zero-order valence-electron chi connectivity index (χ0n) is 14.2. The number of benzene rings is 1. The van der Waals surface area contributed by atoms with Gasteiger partial charge in [0.25, 0.3) is 0 Å². The van der Waals surface area contributed by atoms with Gasteiger partial charge in [0.05, 0.1) is 25.0 Å². The van der Waals surface area contributed by atoms with Crippen LogP contribution in [-0.4, -0.2) is 46.6 Å². The second-order valence-corrected chi connectivity index (χ2v) is 6.45. The Bertz CT molecular complexity index is 1020. The molecule has 9 nitrogen and oxygen atoms in total. The number of carbonyl (C=O) groups is 1. The Balaban J connectivity index is 1.58. The smallest absolute Gasteiger partial charge is 0.343 e. The fourth-order valence-electron chi connectivity index (χ4n) is 3.23. The summed E-state index contributed by atoms with van der Waals surface area (Å²) in [7, 11) is 0. The average Bonchev–Trinajstić information content (AvgIpc) is 3.21. The number of aromatic nitrogens is 5. The molecular weight excluding hydrogens is 336 g/mol. The Morgan fingerprint density at radius 2 is 2.27 bits per heavy atom. The van der Waals surface area contributed by atoms with Gasteiger partial charge in [0, 0.05) is 18.3 Å². The number of carboxylic acid groups (broad SMARTS) is 1. The van der Waals surface area contributed by atoms with Crippen molar-refractivity contribution in [1.82, 2.24) is 29.4 Å². The molecule has 1 aliphatic rings. The first-order valence-corrected chi connectivity index (χ1v) is 8.23. The van der Waals surface area contributed by atoms with E-state index in [-0.39, 0.29) is 18.8 Å². The molecule has 2 aromatic heterocycles. The van der Waals surface area contributed by atoms with Crippen LogP contribution in [0.3, 0.4) is 0 Å². The van der Waals surface area contributed by atoms with E-state index in [2.05, 4.69) is 15.3 Å². The molecule has 1 unspecified atom stereocenters. The van der Waals surface area contributed by atoms with Gasteiger partial charge in [-0.05, 0) is 24.6 Å². The Morgan fingerprint density at radius 3 is 3.04 bits per heavy atom. The van der Waals surface area contributed by atoms with Crippen LogP contribution in [-0.2, 0) is 24.4 Å².